The lowest BCUT2D eigenvalue weighted by Crippen LogP contribution is -2.44. The lowest BCUT2D eigenvalue weighted by Gasteiger charge is -2.43. The molecule has 0 aliphatic heterocycles. The third kappa shape index (κ3) is 4.07. The van der Waals surface area contributed by atoms with Crippen molar-refractivity contribution < 1.29 is 4.79 Å². The van der Waals surface area contributed by atoms with Crippen LogP contribution in [0.2, 0.25) is 0 Å². The molecule has 1 amide bonds. The van der Waals surface area contributed by atoms with Crippen LogP contribution < -0.4 is 11.1 Å². The first-order valence-electron chi connectivity index (χ1n) is 9.18. The highest BCUT2D eigenvalue weighted by molar-refractivity contribution is 8.33. The molecule has 1 atom stereocenters. The van der Waals surface area contributed by atoms with Crippen molar-refractivity contribution in [2.75, 3.05) is 12.3 Å². The molecule has 0 bridgehead atoms. The zero-order chi connectivity index (χ0) is 19.1. The normalized spacial score (nSPS) is 13.0. The monoisotopic (exact) mass is 378 g/mol. The van der Waals surface area contributed by atoms with Crippen molar-refractivity contribution in [1.82, 2.24) is 5.32 Å². The molecule has 27 heavy (non-hydrogen) atoms. The smallest absolute Gasteiger partial charge is 0.237 e. The summed E-state index contributed by atoms with van der Waals surface area (Å²) in [5.41, 5.74) is 6.41. The van der Waals surface area contributed by atoms with E-state index in [9.17, 15) is 4.79 Å². The van der Waals surface area contributed by atoms with Gasteiger partial charge in [-0.05, 0) is 58.0 Å². The number of carbonyl (C=O) groups is 1. The van der Waals surface area contributed by atoms with Gasteiger partial charge in [0.25, 0.3) is 0 Å². The fraction of sp³-hybridized carbons (Fsp3) is 0.174. The van der Waals surface area contributed by atoms with Gasteiger partial charge in [-0.25, -0.2) is 0 Å². The van der Waals surface area contributed by atoms with Crippen LogP contribution >= 0.6 is 10.0 Å². The second kappa shape index (κ2) is 8.89. The van der Waals surface area contributed by atoms with E-state index in [0.717, 1.165) is 0 Å². The van der Waals surface area contributed by atoms with Gasteiger partial charge in [0.05, 0.1) is 6.04 Å². The van der Waals surface area contributed by atoms with Gasteiger partial charge in [-0.1, -0.05) is 54.6 Å². The van der Waals surface area contributed by atoms with Gasteiger partial charge in [-0.15, -0.1) is 0 Å². The van der Waals surface area contributed by atoms with Crippen LogP contribution in [0.25, 0.3) is 0 Å². The van der Waals surface area contributed by atoms with Crippen molar-refractivity contribution in [3.8, 4) is 0 Å². The number of nitrogens with one attached hydrogen (secondary N) is 1. The maximum Gasteiger partial charge on any atom is 0.237 e. The molecule has 3 N–H and O–H groups in total. The Labute approximate surface area is 162 Å². The van der Waals surface area contributed by atoms with Gasteiger partial charge < -0.3 is 11.1 Å². The quantitative estimate of drug-likeness (QED) is 0.639. The summed E-state index contributed by atoms with van der Waals surface area (Å²) >= 11 is 0. The van der Waals surface area contributed by atoms with Crippen LogP contribution in [0.3, 0.4) is 0 Å². The molecule has 0 spiro atoms. The summed E-state index contributed by atoms with van der Waals surface area (Å²) in [5, 5.41) is 2.87. The number of hydrogen-bond acceptors (Lipinski definition) is 2. The van der Waals surface area contributed by atoms with E-state index in [0.29, 0.717) is 12.3 Å². The van der Waals surface area contributed by atoms with Gasteiger partial charge in [0.1, 0.15) is 0 Å². The fourth-order valence-electron chi connectivity index (χ4n) is 3.31. The molecular formula is C23H26N2OS. The lowest BCUT2D eigenvalue weighted by atomic mass is 10.3. The van der Waals surface area contributed by atoms with E-state index >= 15 is 0 Å². The van der Waals surface area contributed by atoms with Crippen molar-refractivity contribution in [2.24, 2.45) is 5.73 Å². The molecule has 140 valence electrons. The average molecular weight is 379 g/mol. The molecule has 0 fully saturated rings. The predicted molar refractivity (Wildman–Crippen MR) is 113 cm³/mol. The molecule has 3 rings (SSSR count). The molecule has 3 aromatic carbocycles. The third-order valence-electron chi connectivity index (χ3n) is 4.55. The Hall–Kier alpha value is -2.56. The van der Waals surface area contributed by atoms with Crippen molar-refractivity contribution in [1.29, 1.82) is 0 Å². The van der Waals surface area contributed by atoms with E-state index in [-0.39, 0.29) is 5.91 Å². The molecule has 4 heteroatoms. The largest absolute Gasteiger partial charge is 0.355 e. The summed E-state index contributed by atoms with van der Waals surface area (Å²) in [6.07, 6.45) is 0. The summed E-state index contributed by atoms with van der Waals surface area (Å²) in [4.78, 5) is 16.1. The summed E-state index contributed by atoms with van der Waals surface area (Å²) in [6.45, 7) is 2.49. The van der Waals surface area contributed by atoms with Gasteiger partial charge in [-0.3, -0.25) is 4.79 Å². The first kappa shape index (κ1) is 19.2. The average Bonchev–Trinajstić information content (AvgIpc) is 2.74. The fourth-order valence-corrected chi connectivity index (χ4v) is 7.25. The van der Waals surface area contributed by atoms with Crippen molar-refractivity contribution in [3.05, 3.63) is 91.0 Å². The Bertz CT molecular complexity index is 757. The Morgan fingerprint density at radius 3 is 1.52 bits per heavy atom. The van der Waals surface area contributed by atoms with Crippen molar-refractivity contribution >= 4 is 15.9 Å². The third-order valence-corrected chi connectivity index (χ3v) is 8.64. The molecule has 3 nitrogen and oxygen atoms in total. The van der Waals surface area contributed by atoms with E-state index in [1.807, 2.05) is 25.1 Å². The number of amides is 1. The van der Waals surface area contributed by atoms with Gasteiger partial charge in [-0.2, -0.15) is 10.0 Å². The summed E-state index contributed by atoms with van der Waals surface area (Å²) < 4.78 is 0. The zero-order valence-corrected chi connectivity index (χ0v) is 16.4. The molecule has 0 radical (unpaired) electrons. The molecular weight excluding hydrogens is 352 g/mol. The standard InChI is InChI=1S/C23H26N2OS/c1-2-25-23(26)22(24)18-27(19-12-6-3-7-13-19,20-14-8-4-9-15-20)21-16-10-5-11-17-21/h3-17,22H,2,18,24H2,1H3,(H,25,26)/t22-/m0/s1. The SMILES string of the molecule is CCNC(=O)[C@@H](N)CS(c1ccccc1)(c1ccccc1)c1ccccc1. The number of hydrogen-bond donors (Lipinski definition) is 2. The first-order valence-corrected chi connectivity index (χ1v) is 11.0. The molecule has 0 aliphatic rings. The number of rotatable bonds is 7. The van der Waals surface area contributed by atoms with Crippen LogP contribution in [0.1, 0.15) is 6.92 Å². The van der Waals surface area contributed by atoms with E-state index in [1.54, 1.807) is 0 Å². The number of benzene rings is 3. The van der Waals surface area contributed by atoms with Crippen LogP contribution in [-0.4, -0.2) is 24.2 Å². The van der Waals surface area contributed by atoms with Crippen molar-refractivity contribution in [3.63, 3.8) is 0 Å². The minimum Gasteiger partial charge on any atom is -0.355 e. The highest BCUT2D eigenvalue weighted by Crippen LogP contribution is 2.68. The summed E-state index contributed by atoms with van der Waals surface area (Å²) in [7, 11) is -1.68. The van der Waals surface area contributed by atoms with E-state index < -0.39 is 16.1 Å². The second-order valence-electron chi connectivity index (χ2n) is 6.35. The number of carbonyl (C=O) groups excluding carboxylic acids is 1. The minimum absolute atomic E-state index is 0.0998. The van der Waals surface area contributed by atoms with Gasteiger partial charge in [0, 0.05) is 12.3 Å². The van der Waals surface area contributed by atoms with Crippen molar-refractivity contribution in [2.45, 2.75) is 27.7 Å². The Kier molecular flexibility index (Phi) is 6.32. The van der Waals surface area contributed by atoms with E-state index in [4.69, 9.17) is 5.73 Å². The number of likely N-dealkylation sites (N-methyl/N-ethyl adjacent to an activating group) is 1. The van der Waals surface area contributed by atoms with Crippen LogP contribution in [0.5, 0.6) is 0 Å². The molecule has 0 saturated carbocycles. The van der Waals surface area contributed by atoms with Crippen LogP contribution in [0, 0.1) is 0 Å². The number of nitrogens with two attached hydrogens (primary N) is 1. The predicted octanol–water partition coefficient (Wildman–Crippen LogP) is 4.43. The summed E-state index contributed by atoms with van der Waals surface area (Å²) in [6, 6.07) is 30.7. The molecule has 0 saturated heterocycles. The van der Waals surface area contributed by atoms with Crippen LogP contribution in [-0.2, 0) is 4.79 Å². The summed E-state index contributed by atoms with van der Waals surface area (Å²) in [5.74, 6) is 0.466. The highest BCUT2D eigenvalue weighted by atomic mass is 32.3. The molecule has 0 aliphatic carbocycles. The Morgan fingerprint density at radius 1 is 0.815 bits per heavy atom. The maximum absolute atomic E-state index is 12.5. The Morgan fingerprint density at radius 2 is 1.19 bits per heavy atom. The molecule has 0 unspecified atom stereocenters. The second-order valence-corrected chi connectivity index (χ2v) is 9.57. The first-order chi connectivity index (χ1) is 13.2. The van der Waals surface area contributed by atoms with Gasteiger partial charge in [0.15, 0.2) is 0 Å². The van der Waals surface area contributed by atoms with Gasteiger partial charge >= 0.3 is 0 Å². The van der Waals surface area contributed by atoms with E-state index in [2.05, 4.69) is 78.1 Å². The highest BCUT2D eigenvalue weighted by Gasteiger charge is 2.34. The maximum atomic E-state index is 12.5. The van der Waals surface area contributed by atoms with Crippen LogP contribution in [0.15, 0.2) is 106 Å². The van der Waals surface area contributed by atoms with Crippen LogP contribution in [0.4, 0.5) is 0 Å². The van der Waals surface area contributed by atoms with Gasteiger partial charge in [0.2, 0.25) is 5.91 Å². The lowest BCUT2D eigenvalue weighted by molar-refractivity contribution is -0.121. The molecule has 0 heterocycles. The van der Waals surface area contributed by atoms with E-state index in [1.165, 1.54) is 14.7 Å². The Balaban J connectivity index is 2.21. The molecule has 3 aromatic rings. The topological polar surface area (TPSA) is 55.1 Å². The minimum atomic E-state index is -1.68. The molecule has 0 aromatic heterocycles. The zero-order valence-electron chi connectivity index (χ0n) is 15.5.